The molecular formula is C20H18N2O3S. The van der Waals surface area contributed by atoms with Gasteiger partial charge in [0.2, 0.25) is 5.91 Å². The van der Waals surface area contributed by atoms with Crippen LogP contribution in [0.2, 0.25) is 0 Å². The lowest BCUT2D eigenvalue weighted by Crippen LogP contribution is -2.14. The Labute approximate surface area is 155 Å². The predicted molar refractivity (Wildman–Crippen MR) is 104 cm³/mol. The molecule has 0 bridgehead atoms. The summed E-state index contributed by atoms with van der Waals surface area (Å²) in [5, 5.41) is 5.66. The molecule has 1 aromatic heterocycles. The third-order valence-corrected chi connectivity index (χ3v) is 4.66. The van der Waals surface area contributed by atoms with Crippen molar-refractivity contribution in [2.75, 3.05) is 16.4 Å². The Morgan fingerprint density at radius 2 is 1.73 bits per heavy atom. The molecule has 6 heteroatoms. The number of amides is 2. The number of anilines is 2. The average molecular weight is 366 g/mol. The van der Waals surface area contributed by atoms with Gasteiger partial charge in [0.1, 0.15) is 0 Å². The number of furan rings is 1. The summed E-state index contributed by atoms with van der Waals surface area (Å²) < 4.78 is 5.05. The van der Waals surface area contributed by atoms with Crippen LogP contribution in [0.4, 0.5) is 11.4 Å². The number of benzene rings is 2. The Morgan fingerprint density at radius 1 is 0.962 bits per heavy atom. The Bertz CT molecular complexity index is 890. The second-order valence-electron chi connectivity index (χ2n) is 5.61. The molecule has 0 aliphatic carbocycles. The summed E-state index contributed by atoms with van der Waals surface area (Å²) in [6.45, 7) is 1.96. The van der Waals surface area contributed by atoms with Crippen LogP contribution in [0.5, 0.6) is 0 Å². The molecule has 0 saturated carbocycles. The molecule has 2 N–H and O–H groups in total. The highest BCUT2D eigenvalue weighted by molar-refractivity contribution is 8.00. The molecule has 2 aromatic carbocycles. The molecule has 0 fully saturated rings. The van der Waals surface area contributed by atoms with Crippen LogP contribution in [0.25, 0.3) is 0 Å². The number of hydrogen-bond donors (Lipinski definition) is 2. The van der Waals surface area contributed by atoms with Crippen molar-refractivity contribution in [2.24, 2.45) is 0 Å². The van der Waals surface area contributed by atoms with Gasteiger partial charge in [-0.05, 0) is 55.0 Å². The summed E-state index contributed by atoms with van der Waals surface area (Å²) in [5.41, 5.74) is 2.52. The smallest absolute Gasteiger partial charge is 0.291 e. The number of carbonyl (C=O) groups is 2. The van der Waals surface area contributed by atoms with Gasteiger partial charge in [-0.1, -0.05) is 18.2 Å². The first-order valence-corrected chi connectivity index (χ1v) is 9.03. The van der Waals surface area contributed by atoms with Crippen molar-refractivity contribution in [3.8, 4) is 0 Å². The topological polar surface area (TPSA) is 71.3 Å². The van der Waals surface area contributed by atoms with Crippen LogP contribution in [0.3, 0.4) is 0 Å². The van der Waals surface area contributed by atoms with E-state index in [0.29, 0.717) is 11.4 Å². The van der Waals surface area contributed by atoms with Crippen molar-refractivity contribution in [3.63, 3.8) is 0 Å². The summed E-state index contributed by atoms with van der Waals surface area (Å²) in [6, 6.07) is 18.3. The minimum absolute atomic E-state index is 0.0560. The van der Waals surface area contributed by atoms with E-state index in [4.69, 9.17) is 4.42 Å². The standard InChI is InChI=1S/C20H18N2O3S/c1-14-5-2-3-6-17(14)22-19(23)13-26-16-10-8-15(9-11-16)21-20(24)18-7-4-12-25-18/h2-12H,13H2,1H3,(H,21,24)(H,22,23). The van der Waals surface area contributed by atoms with Gasteiger partial charge in [0, 0.05) is 16.3 Å². The molecule has 0 atom stereocenters. The van der Waals surface area contributed by atoms with Gasteiger partial charge in [-0.2, -0.15) is 0 Å². The summed E-state index contributed by atoms with van der Waals surface area (Å²) in [7, 11) is 0. The van der Waals surface area contributed by atoms with E-state index < -0.39 is 0 Å². The molecule has 0 aliphatic heterocycles. The SMILES string of the molecule is Cc1ccccc1NC(=O)CSc1ccc(NC(=O)c2ccco2)cc1. The fourth-order valence-corrected chi connectivity index (χ4v) is 2.98. The van der Waals surface area contributed by atoms with Gasteiger partial charge in [-0.3, -0.25) is 9.59 Å². The largest absolute Gasteiger partial charge is 0.459 e. The fourth-order valence-electron chi connectivity index (χ4n) is 2.28. The molecule has 0 saturated heterocycles. The zero-order chi connectivity index (χ0) is 18.4. The molecule has 0 radical (unpaired) electrons. The summed E-state index contributed by atoms with van der Waals surface area (Å²) in [6.07, 6.45) is 1.45. The molecule has 5 nitrogen and oxygen atoms in total. The van der Waals surface area contributed by atoms with E-state index in [2.05, 4.69) is 10.6 Å². The van der Waals surface area contributed by atoms with Gasteiger partial charge >= 0.3 is 0 Å². The number of aryl methyl sites for hydroxylation is 1. The monoisotopic (exact) mass is 366 g/mol. The first-order chi connectivity index (χ1) is 12.6. The maximum absolute atomic E-state index is 12.1. The van der Waals surface area contributed by atoms with E-state index >= 15 is 0 Å². The van der Waals surface area contributed by atoms with E-state index in [-0.39, 0.29) is 17.6 Å². The van der Waals surface area contributed by atoms with Crippen LogP contribution in [-0.2, 0) is 4.79 Å². The van der Waals surface area contributed by atoms with Gasteiger partial charge in [-0.25, -0.2) is 0 Å². The molecule has 1 heterocycles. The van der Waals surface area contributed by atoms with E-state index in [9.17, 15) is 9.59 Å². The molecular weight excluding hydrogens is 348 g/mol. The highest BCUT2D eigenvalue weighted by Crippen LogP contribution is 2.21. The molecule has 0 aliphatic rings. The lowest BCUT2D eigenvalue weighted by atomic mass is 10.2. The normalized spacial score (nSPS) is 10.3. The highest BCUT2D eigenvalue weighted by atomic mass is 32.2. The maximum atomic E-state index is 12.1. The maximum Gasteiger partial charge on any atom is 0.291 e. The van der Waals surface area contributed by atoms with E-state index in [0.717, 1.165) is 16.1 Å². The number of thioether (sulfide) groups is 1. The van der Waals surface area contributed by atoms with Crippen LogP contribution in [-0.4, -0.2) is 17.6 Å². The summed E-state index contributed by atoms with van der Waals surface area (Å²) in [5.74, 6) is 0.218. The summed E-state index contributed by atoms with van der Waals surface area (Å²) >= 11 is 1.44. The van der Waals surface area contributed by atoms with Crippen molar-refractivity contribution in [3.05, 3.63) is 78.3 Å². The third-order valence-electron chi connectivity index (χ3n) is 3.65. The Kier molecular flexibility index (Phi) is 5.76. The van der Waals surface area contributed by atoms with E-state index in [1.165, 1.54) is 18.0 Å². The first-order valence-electron chi connectivity index (χ1n) is 8.05. The minimum Gasteiger partial charge on any atom is -0.459 e. The lowest BCUT2D eigenvalue weighted by molar-refractivity contribution is -0.113. The zero-order valence-corrected chi connectivity index (χ0v) is 15.0. The van der Waals surface area contributed by atoms with Crippen LogP contribution in [0, 0.1) is 6.92 Å². The van der Waals surface area contributed by atoms with Crippen molar-refractivity contribution in [1.82, 2.24) is 0 Å². The second kappa shape index (κ2) is 8.40. The first kappa shape index (κ1) is 17.8. The van der Waals surface area contributed by atoms with Crippen molar-refractivity contribution in [1.29, 1.82) is 0 Å². The summed E-state index contributed by atoms with van der Waals surface area (Å²) in [4.78, 5) is 24.9. The van der Waals surface area contributed by atoms with Gasteiger partial charge in [0.25, 0.3) is 5.91 Å². The number of nitrogens with one attached hydrogen (secondary N) is 2. The average Bonchev–Trinajstić information content (AvgIpc) is 3.18. The van der Waals surface area contributed by atoms with Crippen LogP contribution in [0.1, 0.15) is 16.1 Å². The fraction of sp³-hybridized carbons (Fsp3) is 0.100. The number of hydrogen-bond acceptors (Lipinski definition) is 4. The Morgan fingerprint density at radius 3 is 2.42 bits per heavy atom. The molecule has 2 amide bonds. The van der Waals surface area contributed by atoms with Crippen LogP contribution < -0.4 is 10.6 Å². The van der Waals surface area contributed by atoms with Crippen LogP contribution in [0.15, 0.2) is 76.2 Å². The van der Waals surface area contributed by atoms with Crippen LogP contribution >= 0.6 is 11.8 Å². The Hall–Kier alpha value is -2.99. The number of carbonyl (C=O) groups excluding carboxylic acids is 2. The molecule has 3 rings (SSSR count). The third kappa shape index (κ3) is 4.77. The molecule has 132 valence electrons. The van der Waals surface area contributed by atoms with Gasteiger partial charge in [-0.15, -0.1) is 11.8 Å². The lowest BCUT2D eigenvalue weighted by Gasteiger charge is -2.08. The van der Waals surface area contributed by atoms with Crippen molar-refractivity contribution in [2.45, 2.75) is 11.8 Å². The molecule has 26 heavy (non-hydrogen) atoms. The van der Waals surface area contributed by atoms with Crippen molar-refractivity contribution < 1.29 is 14.0 Å². The predicted octanol–water partition coefficient (Wildman–Crippen LogP) is 4.57. The highest BCUT2D eigenvalue weighted by Gasteiger charge is 2.09. The number of para-hydroxylation sites is 1. The quantitative estimate of drug-likeness (QED) is 0.627. The van der Waals surface area contributed by atoms with E-state index in [1.807, 2.05) is 43.3 Å². The molecule has 0 spiro atoms. The molecule has 0 unspecified atom stereocenters. The van der Waals surface area contributed by atoms with Gasteiger partial charge < -0.3 is 15.1 Å². The second-order valence-corrected chi connectivity index (χ2v) is 6.66. The Balaban J connectivity index is 1.50. The van der Waals surface area contributed by atoms with Crippen molar-refractivity contribution >= 4 is 35.0 Å². The number of rotatable bonds is 6. The van der Waals surface area contributed by atoms with Gasteiger partial charge in [0.15, 0.2) is 5.76 Å². The minimum atomic E-state index is -0.298. The van der Waals surface area contributed by atoms with Gasteiger partial charge in [0.05, 0.1) is 12.0 Å². The molecule has 3 aromatic rings. The van der Waals surface area contributed by atoms with E-state index in [1.54, 1.807) is 24.3 Å². The zero-order valence-electron chi connectivity index (χ0n) is 14.2.